The molecule has 0 aromatic heterocycles. The van der Waals surface area contributed by atoms with Gasteiger partial charge < -0.3 is 22.4 Å². The molecule has 0 bridgehead atoms. The Bertz CT molecular complexity index is 384. The van der Waals surface area contributed by atoms with Crippen LogP contribution >= 0.6 is 0 Å². The van der Waals surface area contributed by atoms with Crippen LogP contribution in [0.4, 0.5) is 12.9 Å². The van der Waals surface area contributed by atoms with Gasteiger partial charge >= 0.3 is 58.4 Å². The van der Waals surface area contributed by atoms with E-state index < -0.39 is 12.4 Å². The molecule has 0 unspecified atom stereocenters. The minimum absolute atomic E-state index is 0. The minimum Gasteiger partial charge on any atom is -0.496 e. The zero-order chi connectivity index (χ0) is 12.3. The molecule has 8 heteroatoms. The van der Waals surface area contributed by atoms with Crippen molar-refractivity contribution in [1.82, 2.24) is 0 Å². The van der Waals surface area contributed by atoms with Crippen molar-refractivity contribution in [2.24, 2.45) is 0 Å². The fourth-order valence-corrected chi connectivity index (χ4v) is 1.26. The normalized spacial score (nSPS) is 10.4. The van der Waals surface area contributed by atoms with Crippen molar-refractivity contribution in [1.29, 1.82) is 0 Å². The summed E-state index contributed by atoms with van der Waals surface area (Å²) in [6.07, 6.45) is 0.394. The first kappa shape index (κ1) is 17.0. The molecular formula is C9H9BF3KO3. The molecule has 0 saturated heterocycles. The standard InChI is InChI=1S/C9H9BF3O3.K/c1-15-8-3-6(10(11,12)13)4-9(16-2)7(8)5-14;/h3-5H,1-2H3;/q-1;+1. The van der Waals surface area contributed by atoms with E-state index in [1.54, 1.807) is 0 Å². The molecule has 1 rings (SSSR count). The van der Waals surface area contributed by atoms with E-state index in [1.165, 1.54) is 14.2 Å². The van der Waals surface area contributed by atoms with E-state index in [-0.39, 0.29) is 68.4 Å². The Morgan fingerprint density at radius 3 is 1.76 bits per heavy atom. The van der Waals surface area contributed by atoms with Gasteiger partial charge in [-0.1, -0.05) is 0 Å². The van der Waals surface area contributed by atoms with Gasteiger partial charge in [0.15, 0.2) is 6.29 Å². The number of rotatable bonds is 4. The van der Waals surface area contributed by atoms with Crippen LogP contribution in [0.2, 0.25) is 0 Å². The van der Waals surface area contributed by atoms with Crippen LogP contribution in [0.1, 0.15) is 10.4 Å². The van der Waals surface area contributed by atoms with Gasteiger partial charge in [0.2, 0.25) is 0 Å². The van der Waals surface area contributed by atoms with Crippen molar-refractivity contribution in [3.05, 3.63) is 17.7 Å². The van der Waals surface area contributed by atoms with E-state index in [9.17, 15) is 17.7 Å². The first-order valence-corrected chi connectivity index (χ1v) is 4.35. The second-order valence-corrected chi connectivity index (χ2v) is 3.03. The molecule has 0 saturated carbocycles. The van der Waals surface area contributed by atoms with Gasteiger partial charge in [-0.15, -0.1) is 5.46 Å². The Labute approximate surface area is 139 Å². The second-order valence-electron chi connectivity index (χ2n) is 3.03. The molecule has 0 spiro atoms. The van der Waals surface area contributed by atoms with E-state index in [4.69, 9.17) is 9.47 Å². The van der Waals surface area contributed by atoms with Crippen LogP contribution in [0.3, 0.4) is 0 Å². The largest absolute Gasteiger partial charge is 1.00 e. The van der Waals surface area contributed by atoms with Crippen LogP contribution in [0.15, 0.2) is 12.1 Å². The number of aldehydes is 1. The Morgan fingerprint density at radius 1 is 1.12 bits per heavy atom. The van der Waals surface area contributed by atoms with Crippen molar-refractivity contribution in [3.8, 4) is 11.5 Å². The summed E-state index contributed by atoms with van der Waals surface area (Å²) in [5, 5.41) is 0. The quantitative estimate of drug-likeness (QED) is 0.498. The summed E-state index contributed by atoms with van der Waals surface area (Å²) in [4.78, 5) is 10.7. The number of carbonyl (C=O) groups is 1. The van der Waals surface area contributed by atoms with Crippen molar-refractivity contribution >= 4 is 18.7 Å². The molecule has 88 valence electrons. The number of carbonyl (C=O) groups excluding carboxylic acids is 1. The maximum atomic E-state index is 12.5. The first-order valence-electron chi connectivity index (χ1n) is 4.35. The van der Waals surface area contributed by atoms with Crippen molar-refractivity contribution in [2.45, 2.75) is 0 Å². The van der Waals surface area contributed by atoms with Gasteiger partial charge in [-0.05, 0) is 12.1 Å². The third-order valence-corrected chi connectivity index (χ3v) is 2.06. The smallest absolute Gasteiger partial charge is 0.496 e. The Kier molecular flexibility index (Phi) is 6.78. The predicted molar refractivity (Wildman–Crippen MR) is 53.6 cm³/mol. The monoisotopic (exact) mass is 272 g/mol. The van der Waals surface area contributed by atoms with Crippen molar-refractivity contribution < 1.29 is 78.6 Å². The van der Waals surface area contributed by atoms with Crippen LogP contribution in [0, 0.1) is 0 Å². The Morgan fingerprint density at radius 2 is 1.53 bits per heavy atom. The third kappa shape index (κ3) is 3.99. The number of hydrogen-bond donors (Lipinski definition) is 0. The fraction of sp³-hybridized carbons (Fsp3) is 0.222. The van der Waals surface area contributed by atoms with E-state index in [2.05, 4.69) is 0 Å². The molecule has 0 aliphatic carbocycles. The van der Waals surface area contributed by atoms with Gasteiger partial charge in [0.25, 0.3) is 0 Å². The van der Waals surface area contributed by atoms with Gasteiger partial charge in [0.1, 0.15) is 11.5 Å². The summed E-state index contributed by atoms with van der Waals surface area (Å²) in [5.41, 5.74) is -0.895. The van der Waals surface area contributed by atoms with Crippen molar-refractivity contribution in [3.63, 3.8) is 0 Å². The number of benzene rings is 1. The molecule has 0 N–H and O–H groups in total. The van der Waals surface area contributed by atoms with Crippen LogP contribution in [-0.4, -0.2) is 27.5 Å². The van der Waals surface area contributed by atoms with E-state index in [0.29, 0.717) is 6.29 Å². The molecule has 3 nitrogen and oxygen atoms in total. The van der Waals surface area contributed by atoms with Crippen LogP contribution in [0.5, 0.6) is 11.5 Å². The summed E-state index contributed by atoms with van der Waals surface area (Å²) in [6.45, 7) is -5.15. The third-order valence-electron chi connectivity index (χ3n) is 2.06. The zero-order valence-electron chi connectivity index (χ0n) is 9.67. The second kappa shape index (κ2) is 6.79. The van der Waals surface area contributed by atoms with Gasteiger partial charge in [0, 0.05) is 0 Å². The molecule has 0 fully saturated rings. The molecule has 0 aliphatic rings. The van der Waals surface area contributed by atoms with Crippen molar-refractivity contribution in [2.75, 3.05) is 14.2 Å². The zero-order valence-corrected chi connectivity index (χ0v) is 12.8. The molecule has 0 atom stereocenters. The molecule has 0 amide bonds. The predicted octanol–water partition coefficient (Wildman–Crippen LogP) is -1.43. The molecular weight excluding hydrogens is 263 g/mol. The van der Waals surface area contributed by atoms with Gasteiger partial charge in [-0.2, -0.15) is 0 Å². The van der Waals surface area contributed by atoms with E-state index in [1.807, 2.05) is 0 Å². The molecule has 17 heavy (non-hydrogen) atoms. The number of methoxy groups -OCH3 is 2. The summed E-state index contributed by atoms with van der Waals surface area (Å²) in [6, 6.07) is 1.57. The first-order chi connectivity index (χ1) is 7.43. The maximum Gasteiger partial charge on any atom is 1.00 e. The maximum absolute atomic E-state index is 12.5. The minimum atomic E-state index is -5.15. The van der Waals surface area contributed by atoms with Crippen LogP contribution in [0.25, 0.3) is 0 Å². The topological polar surface area (TPSA) is 35.5 Å². The summed E-state index contributed by atoms with van der Waals surface area (Å²) < 4.78 is 47.0. The molecule has 0 heterocycles. The SMILES string of the molecule is COc1cc([B-](F)(F)F)cc(OC)c1C=O.[K+]. The van der Waals surface area contributed by atoms with E-state index in [0.717, 1.165) is 12.1 Å². The Hall–Kier alpha value is -0.0187. The number of ether oxygens (including phenoxy) is 2. The van der Waals surface area contributed by atoms with Crippen LogP contribution in [-0.2, 0) is 0 Å². The average Bonchev–Trinajstić information content (AvgIpc) is 2.25. The molecule has 0 aliphatic heterocycles. The summed E-state index contributed by atoms with van der Waals surface area (Å²) in [7, 11) is 2.38. The van der Waals surface area contributed by atoms with Crippen LogP contribution < -0.4 is 66.3 Å². The fourth-order valence-electron chi connectivity index (χ4n) is 1.26. The van der Waals surface area contributed by atoms with E-state index >= 15 is 0 Å². The van der Waals surface area contributed by atoms with Gasteiger partial charge in [-0.3, -0.25) is 4.79 Å². The summed E-state index contributed by atoms with van der Waals surface area (Å²) >= 11 is 0. The molecule has 0 radical (unpaired) electrons. The summed E-state index contributed by atoms with van der Waals surface area (Å²) in [5.74, 6) is -0.299. The number of hydrogen-bond acceptors (Lipinski definition) is 3. The van der Waals surface area contributed by atoms with Gasteiger partial charge in [-0.25, -0.2) is 0 Å². The molecule has 1 aromatic rings. The number of halogens is 3. The van der Waals surface area contributed by atoms with Gasteiger partial charge in [0.05, 0.1) is 19.8 Å². The Balaban J connectivity index is 0.00000256. The average molecular weight is 272 g/mol. The molecule has 1 aromatic carbocycles.